The molecular formula is C17H22N4O3. The Morgan fingerprint density at radius 1 is 1.00 bits per heavy atom. The molecule has 0 saturated heterocycles. The molecule has 1 aromatic heterocycles. The van der Waals surface area contributed by atoms with Crippen molar-refractivity contribution >= 4 is 17.4 Å². The van der Waals surface area contributed by atoms with Crippen LogP contribution in [-0.4, -0.2) is 35.9 Å². The lowest BCUT2D eigenvalue weighted by Gasteiger charge is -2.20. The lowest BCUT2D eigenvalue weighted by molar-refractivity contribution is 0.102. The fraction of sp³-hybridized carbons (Fsp3) is 0.353. The van der Waals surface area contributed by atoms with Crippen LogP contribution in [0.3, 0.4) is 0 Å². The fourth-order valence-corrected chi connectivity index (χ4v) is 2.01. The van der Waals surface area contributed by atoms with E-state index in [-0.39, 0.29) is 17.1 Å². The summed E-state index contributed by atoms with van der Waals surface area (Å²) in [6.07, 6.45) is 0. The lowest BCUT2D eigenvalue weighted by atomic mass is 10.1. The Labute approximate surface area is 141 Å². The van der Waals surface area contributed by atoms with E-state index >= 15 is 0 Å². The van der Waals surface area contributed by atoms with Crippen LogP contribution in [0.25, 0.3) is 0 Å². The quantitative estimate of drug-likeness (QED) is 0.877. The van der Waals surface area contributed by atoms with E-state index in [4.69, 9.17) is 9.47 Å². The van der Waals surface area contributed by atoms with Crippen molar-refractivity contribution in [1.29, 1.82) is 0 Å². The first-order valence-corrected chi connectivity index (χ1v) is 7.47. The molecule has 0 radical (unpaired) electrons. The summed E-state index contributed by atoms with van der Waals surface area (Å²) in [4.78, 5) is 12.3. The first kappa shape index (κ1) is 17.5. The number of ether oxygens (including phenoxy) is 2. The number of nitrogens with zero attached hydrogens (tertiary/aromatic N) is 2. The van der Waals surface area contributed by atoms with E-state index < -0.39 is 0 Å². The summed E-state index contributed by atoms with van der Waals surface area (Å²) in [6, 6.07) is 8.47. The van der Waals surface area contributed by atoms with Crippen LogP contribution >= 0.6 is 0 Å². The largest absolute Gasteiger partial charge is 0.493 e. The van der Waals surface area contributed by atoms with Gasteiger partial charge in [0.05, 0.1) is 14.2 Å². The van der Waals surface area contributed by atoms with Crippen molar-refractivity contribution in [2.75, 3.05) is 24.9 Å². The van der Waals surface area contributed by atoms with Crippen molar-refractivity contribution in [3.8, 4) is 11.5 Å². The highest BCUT2D eigenvalue weighted by Gasteiger charge is 2.13. The minimum atomic E-state index is -0.350. The molecule has 0 fully saturated rings. The van der Waals surface area contributed by atoms with Crippen molar-refractivity contribution in [1.82, 2.24) is 10.2 Å². The molecule has 2 aromatic rings. The smallest absolute Gasteiger partial charge is 0.276 e. The van der Waals surface area contributed by atoms with Gasteiger partial charge in [-0.05, 0) is 45.0 Å². The molecule has 1 amide bonds. The monoisotopic (exact) mass is 330 g/mol. The standard InChI is InChI=1S/C17H22N4O3/c1-17(2,3)19-15-9-7-12(20-21-15)16(22)18-11-6-8-13(23-4)14(10-11)24-5/h6-10H,1-5H3,(H,18,22)(H,19,21). The summed E-state index contributed by atoms with van der Waals surface area (Å²) >= 11 is 0. The van der Waals surface area contributed by atoms with Crippen LogP contribution in [0, 0.1) is 0 Å². The molecular weight excluding hydrogens is 308 g/mol. The normalized spacial score (nSPS) is 10.9. The van der Waals surface area contributed by atoms with Gasteiger partial charge < -0.3 is 20.1 Å². The Hall–Kier alpha value is -2.83. The van der Waals surface area contributed by atoms with Crippen molar-refractivity contribution in [3.63, 3.8) is 0 Å². The third-order valence-corrected chi connectivity index (χ3v) is 3.04. The summed E-state index contributed by atoms with van der Waals surface area (Å²) in [5, 5.41) is 13.9. The maximum absolute atomic E-state index is 12.3. The van der Waals surface area contributed by atoms with Gasteiger partial charge in [0.2, 0.25) is 0 Å². The molecule has 0 atom stereocenters. The third kappa shape index (κ3) is 4.58. The van der Waals surface area contributed by atoms with Gasteiger partial charge in [-0.25, -0.2) is 0 Å². The van der Waals surface area contributed by atoms with Crippen LogP contribution in [0.5, 0.6) is 11.5 Å². The van der Waals surface area contributed by atoms with E-state index in [1.807, 2.05) is 20.8 Å². The van der Waals surface area contributed by atoms with Crippen molar-refractivity contribution in [2.45, 2.75) is 26.3 Å². The molecule has 0 unspecified atom stereocenters. The summed E-state index contributed by atoms with van der Waals surface area (Å²) in [5.74, 6) is 1.39. The Bertz CT molecular complexity index is 709. The van der Waals surface area contributed by atoms with E-state index in [0.29, 0.717) is 23.0 Å². The number of nitrogens with one attached hydrogen (secondary N) is 2. The maximum atomic E-state index is 12.3. The van der Waals surface area contributed by atoms with E-state index in [1.54, 1.807) is 37.4 Å². The number of hydrogen-bond acceptors (Lipinski definition) is 6. The van der Waals surface area contributed by atoms with Crippen LogP contribution in [0.15, 0.2) is 30.3 Å². The van der Waals surface area contributed by atoms with Crippen LogP contribution < -0.4 is 20.1 Å². The van der Waals surface area contributed by atoms with Gasteiger partial charge >= 0.3 is 0 Å². The van der Waals surface area contributed by atoms with Crippen LogP contribution in [0.4, 0.5) is 11.5 Å². The molecule has 1 heterocycles. The number of methoxy groups -OCH3 is 2. The van der Waals surface area contributed by atoms with Gasteiger partial charge in [0, 0.05) is 17.3 Å². The molecule has 128 valence electrons. The first-order valence-electron chi connectivity index (χ1n) is 7.47. The average Bonchev–Trinajstić information content (AvgIpc) is 2.53. The van der Waals surface area contributed by atoms with Crippen molar-refractivity contribution in [2.24, 2.45) is 0 Å². The molecule has 7 nitrogen and oxygen atoms in total. The topological polar surface area (TPSA) is 85.4 Å². The molecule has 1 aromatic carbocycles. The van der Waals surface area contributed by atoms with Crippen LogP contribution in [0.1, 0.15) is 31.3 Å². The summed E-state index contributed by atoms with van der Waals surface area (Å²) < 4.78 is 10.4. The Kier molecular flexibility index (Phi) is 5.23. The number of benzene rings is 1. The van der Waals surface area contributed by atoms with E-state index in [0.717, 1.165) is 0 Å². The zero-order chi connectivity index (χ0) is 17.7. The molecule has 2 rings (SSSR count). The zero-order valence-corrected chi connectivity index (χ0v) is 14.5. The molecule has 0 aliphatic carbocycles. The predicted octanol–water partition coefficient (Wildman–Crippen LogP) is 2.96. The number of aromatic nitrogens is 2. The van der Waals surface area contributed by atoms with Gasteiger partial charge in [-0.15, -0.1) is 10.2 Å². The summed E-state index contributed by atoms with van der Waals surface area (Å²) in [5.41, 5.74) is 0.679. The molecule has 0 bridgehead atoms. The van der Waals surface area contributed by atoms with Crippen molar-refractivity contribution in [3.05, 3.63) is 36.0 Å². The summed E-state index contributed by atoms with van der Waals surface area (Å²) in [7, 11) is 3.09. The second kappa shape index (κ2) is 7.16. The van der Waals surface area contributed by atoms with E-state index in [1.165, 1.54) is 7.11 Å². The lowest BCUT2D eigenvalue weighted by Crippen LogP contribution is -2.27. The van der Waals surface area contributed by atoms with Gasteiger partial charge in [-0.3, -0.25) is 4.79 Å². The highest BCUT2D eigenvalue weighted by Crippen LogP contribution is 2.29. The number of hydrogen-bond donors (Lipinski definition) is 2. The minimum Gasteiger partial charge on any atom is -0.493 e. The first-order chi connectivity index (χ1) is 11.3. The fourth-order valence-electron chi connectivity index (χ4n) is 2.01. The third-order valence-electron chi connectivity index (χ3n) is 3.04. The van der Waals surface area contributed by atoms with Gasteiger partial charge in [0.15, 0.2) is 17.2 Å². The van der Waals surface area contributed by atoms with Gasteiger partial charge in [-0.1, -0.05) is 0 Å². The molecule has 0 spiro atoms. The minimum absolute atomic E-state index is 0.127. The number of anilines is 2. The highest BCUT2D eigenvalue weighted by atomic mass is 16.5. The highest BCUT2D eigenvalue weighted by molar-refractivity contribution is 6.02. The van der Waals surface area contributed by atoms with Gasteiger partial charge in [0.25, 0.3) is 5.91 Å². The molecule has 0 aliphatic heterocycles. The number of carbonyl (C=O) groups excluding carboxylic acids is 1. The summed E-state index contributed by atoms with van der Waals surface area (Å²) in [6.45, 7) is 6.06. The number of carbonyl (C=O) groups is 1. The number of rotatable bonds is 5. The second-order valence-electron chi connectivity index (χ2n) is 6.20. The average molecular weight is 330 g/mol. The molecule has 24 heavy (non-hydrogen) atoms. The molecule has 0 aliphatic rings. The Morgan fingerprint density at radius 3 is 2.25 bits per heavy atom. The predicted molar refractivity (Wildman–Crippen MR) is 92.9 cm³/mol. The zero-order valence-electron chi connectivity index (χ0n) is 14.5. The van der Waals surface area contributed by atoms with Gasteiger partial charge in [-0.2, -0.15) is 0 Å². The van der Waals surface area contributed by atoms with Crippen molar-refractivity contribution < 1.29 is 14.3 Å². The SMILES string of the molecule is COc1ccc(NC(=O)c2ccc(NC(C)(C)C)nn2)cc1OC. The van der Waals surface area contributed by atoms with E-state index in [2.05, 4.69) is 20.8 Å². The van der Waals surface area contributed by atoms with Crippen LogP contribution in [0.2, 0.25) is 0 Å². The van der Waals surface area contributed by atoms with Gasteiger partial charge in [0.1, 0.15) is 5.82 Å². The number of amides is 1. The maximum Gasteiger partial charge on any atom is 0.276 e. The Morgan fingerprint density at radius 2 is 1.71 bits per heavy atom. The second-order valence-corrected chi connectivity index (χ2v) is 6.20. The van der Waals surface area contributed by atoms with Crippen LogP contribution in [-0.2, 0) is 0 Å². The molecule has 2 N–H and O–H groups in total. The van der Waals surface area contributed by atoms with E-state index in [9.17, 15) is 4.79 Å². The molecule has 7 heteroatoms. The Balaban J connectivity index is 2.09. The molecule has 0 saturated carbocycles.